The van der Waals surface area contributed by atoms with Gasteiger partial charge in [0.15, 0.2) is 6.10 Å². The lowest BCUT2D eigenvalue weighted by molar-refractivity contribution is -0.167. The number of allylic oxidation sites excluding steroid dienone is 14. The Hall–Kier alpha value is -3.41. The second-order valence-corrected chi connectivity index (χ2v) is 17.2. The fraction of sp³-hybridized carbons (Fsp3) is 0.702. The summed E-state index contributed by atoms with van der Waals surface area (Å²) in [7, 11) is 0. The summed E-state index contributed by atoms with van der Waals surface area (Å²) >= 11 is 0. The van der Waals surface area contributed by atoms with Crippen molar-refractivity contribution >= 4 is 17.9 Å². The van der Waals surface area contributed by atoms with Gasteiger partial charge in [-0.05, 0) is 64.2 Å². The minimum absolute atomic E-state index is 0.0921. The van der Waals surface area contributed by atoms with E-state index < -0.39 is 6.10 Å². The zero-order valence-corrected chi connectivity index (χ0v) is 41.1. The Bertz CT molecular complexity index is 1240. The van der Waals surface area contributed by atoms with Crippen molar-refractivity contribution in [1.29, 1.82) is 0 Å². The molecule has 0 heterocycles. The summed E-state index contributed by atoms with van der Waals surface area (Å²) in [6, 6.07) is 0. The molecular weight excluding hydrogens is 781 g/mol. The van der Waals surface area contributed by atoms with E-state index in [0.717, 1.165) is 109 Å². The fourth-order valence-corrected chi connectivity index (χ4v) is 7.10. The Morgan fingerprint density at radius 1 is 0.333 bits per heavy atom. The fourth-order valence-electron chi connectivity index (χ4n) is 7.10. The maximum Gasteiger partial charge on any atom is 0.306 e. The molecule has 0 aromatic heterocycles. The van der Waals surface area contributed by atoms with Crippen molar-refractivity contribution in [3.8, 4) is 0 Å². The SMILES string of the molecule is CC\C=C/C=C\C=C/C=C\CCCCCCCC(=O)OC(COC(=O)CCCCCCC\C=C/C=C\C=C/CCCCCCC)COC(=O)CCCCCCCCCCCCCC. The van der Waals surface area contributed by atoms with Crippen molar-refractivity contribution in [2.75, 3.05) is 13.2 Å². The average molecular weight is 877 g/mol. The van der Waals surface area contributed by atoms with Gasteiger partial charge in [0, 0.05) is 19.3 Å². The van der Waals surface area contributed by atoms with E-state index in [1.807, 2.05) is 18.2 Å². The molecule has 0 aliphatic carbocycles. The van der Waals surface area contributed by atoms with Gasteiger partial charge in [0.05, 0.1) is 0 Å². The largest absolute Gasteiger partial charge is 0.462 e. The second kappa shape index (κ2) is 51.2. The lowest BCUT2D eigenvalue weighted by Gasteiger charge is -2.18. The van der Waals surface area contributed by atoms with Crippen LogP contribution in [0, 0.1) is 0 Å². The van der Waals surface area contributed by atoms with Crippen LogP contribution in [0.4, 0.5) is 0 Å². The first kappa shape index (κ1) is 59.6. The summed E-state index contributed by atoms with van der Waals surface area (Å²) in [5.41, 5.74) is 0. The van der Waals surface area contributed by atoms with Crippen molar-refractivity contribution in [3.05, 3.63) is 85.1 Å². The molecule has 1 unspecified atom stereocenters. The molecule has 0 N–H and O–H groups in total. The Morgan fingerprint density at radius 2 is 0.619 bits per heavy atom. The normalized spacial score (nSPS) is 12.7. The van der Waals surface area contributed by atoms with E-state index in [0.29, 0.717) is 19.3 Å². The number of unbranched alkanes of at least 4 members (excludes halogenated alkanes) is 26. The molecular formula is C57H96O6. The van der Waals surface area contributed by atoms with Crippen molar-refractivity contribution in [1.82, 2.24) is 0 Å². The molecule has 6 nitrogen and oxygen atoms in total. The van der Waals surface area contributed by atoms with E-state index in [1.54, 1.807) is 0 Å². The first-order valence-corrected chi connectivity index (χ1v) is 26.2. The van der Waals surface area contributed by atoms with Crippen molar-refractivity contribution < 1.29 is 28.6 Å². The molecule has 0 aromatic rings. The molecule has 0 fully saturated rings. The molecule has 1 atom stereocenters. The highest BCUT2D eigenvalue weighted by atomic mass is 16.6. The molecule has 0 radical (unpaired) electrons. The summed E-state index contributed by atoms with van der Waals surface area (Å²) in [5, 5.41) is 0. The Morgan fingerprint density at radius 3 is 0.968 bits per heavy atom. The number of carbonyl (C=O) groups excluding carboxylic acids is 3. The van der Waals surface area contributed by atoms with E-state index in [1.165, 1.54) is 89.9 Å². The number of carbonyl (C=O) groups is 3. The predicted molar refractivity (Wildman–Crippen MR) is 270 cm³/mol. The summed E-state index contributed by atoms with van der Waals surface area (Å²) in [6.45, 7) is 6.44. The van der Waals surface area contributed by atoms with Crippen LogP contribution in [-0.4, -0.2) is 37.2 Å². The summed E-state index contributed by atoms with van der Waals surface area (Å²) in [5.74, 6) is -0.935. The number of hydrogen-bond acceptors (Lipinski definition) is 6. The third kappa shape index (κ3) is 49.5. The predicted octanol–water partition coefficient (Wildman–Crippen LogP) is 17.2. The third-order valence-corrected chi connectivity index (χ3v) is 11.0. The van der Waals surface area contributed by atoms with Gasteiger partial charge in [-0.25, -0.2) is 0 Å². The van der Waals surface area contributed by atoms with E-state index in [9.17, 15) is 14.4 Å². The smallest absolute Gasteiger partial charge is 0.306 e. The first-order chi connectivity index (χ1) is 31.0. The van der Waals surface area contributed by atoms with E-state index in [4.69, 9.17) is 14.2 Å². The van der Waals surface area contributed by atoms with Crippen molar-refractivity contribution in [2.45, 2.75) is 245 Å². The van der Waals surface area contributed by atoms with Crippen LogP contribution in [0.15, 0.2) is 85.1 Å². The van der Waals surface area contributed by atoms with Crippen molar-refractivity contribution in [2.24, 2.45) is 0 Å². The van der Waals surface area contributed by atoms with Gasteiger partial charge < -0.3 is 14.2 Å². The number of rotatable bonds is 46. The third-order valence-electron chi connectivity index (χ3n) is 11.0. The molecule has 0 rings (SSSR count). The van der Waals surface area contributed by atoms with Gasteiger partial charge in [0.25, 0.3) is 0 Å². The Labute approximate surface area is 388 Å². The van der Waals surface area contributed by atoms with Gasteiger partial charge in [-0.3, -0.25) is 14.4 Å². The molecule has 63 heavy (non-hydrogen) atoms. The topological polar surface area (TPSA) is 78.9 Å². The first-order valence-electron chi connectivity index (χ1n) is 26.2. The highest BCUT2D eigenvalue weighted by Gasteiger charge is 2.19. The van der Waals surface area contributed by atoms with Crippen LogP contribution < -0.4 is 0 Å². The molecule has 0 aliphatic rings. The molecule has 6 heteroatoms. The molecule has 0 aromatic carbocycles. The van der Waals surface area contributed by atoms with Gasteiger partial charge in [-0.15, -0.1) is 0 Å². The van der Waals surface area contributed by atoms with Crippen LogP contribution in [0.2, 0.25) is 0 Å². The van der Waals surface area contributed by atoms with Crippen LogP contribution in [0.25, 0.3) is 0 Å². The summed E-state index contributed by atoms with van der Waals surface area (Å²) < 4.78 is 16.8. The second-order valence-electron chi connectivity index (χ2n) is 17.2. The maximum atomic E-state index is 12.8. The van der Waals surface area contributed by atoms with Gasteiger partial charge in [0.2, 0.25) is 0 Å². The maximum absolute atomic E-state index is 12.8. The number of esters is 3. The molecule has 360 valence electrons. The summed E-state index contributed by atoms with van der Waals surface area (Å²) in [4.78, 5) is 38.0. The van der Waals surface area contributed by atoms with E-state index in [-0.39, 0.29) is 31.1 Å². The van der Waals surface area contributed by atoms with Crippen molar-refractivity contribution in [3.63, 3.8) is 0 Å². The minimum atomic E-state index is -0.796. The molecule has 0 saturated heterocycles. The van der Waals surface area contributed by atoms with Crippen LogP contribution in [-0.2, 0) is 28.6 Å². The van der Waals surface area contributed by atoms with Gasteiger partial charge >= 0.3 is 17.9 Å². The highest BCUT2D eigenvalue weighted by Crippen LogP contribution is 2.14. The van der Waals surface area contributed by atoms with E-state index in [2.05, 4.69) is 87.6 Å². The van der Waals surface area contributed by atoms with Crippen LogP contribution >= 0.6 is 0 Å². The average Bonchev–Trinajstić information content (AvgIpc) is 3.28. The Kier molecular flexibility index (Phi) is 48.5. The number of hydrogen-bond donors (Lipinski definition) is 0. The lowest BCUT2D eigenvalue weighted by Crippen LogP contribution is -2.30. The molecule has 0 spiro atoms. The monoisotopic (exact) mass is 877 g/mol. The zero-order valence-electron chi connectivity index (χ0n) is 41.1. The van der Waals surface area contributed by atoms with E-state index >= 15 is 0 Å². The summed E-state index contributed by atoms with van der Waals surface area (Å²) in [6.07, 6.45) is 65.6. The molecule has 0 bridgehead atoms. The minimum Gasteiger partial charge on any atom is -0.462 e. The van der Waals surface area contributed by atoms with Gasteiger partial charge in [0.1, 0.15) is 13.2 Å². The zero-order chi connectivity index (χ0) is 45.8. The molecule has 0 saturated carbocycles. The quantitative estimate of drug-likeness (QED) is 0.0262. The lowest BCUT2D eigenvalue weighted by atomic mass is 10.0. The highest BCUT2D eigenvalue weighted by molar-refractivity contribution is 5.71. The van der Waals surface area contributed by atoms with Gasteiger partial charge in [-0.1, -0.05) is 241 Å². The van der Waals surface area contributed by atoms with Crippen LogP contribution in [0.1, 0.15) is 239 Å². The Balaban J connectivity index is 4.46. The van der Waals surface area contributed by atoms with Crippen LogP contribution in [0.3, 0.4) is 0 Å². The van der Waals surface area contributed by atoms with Crippen LogP contribution in [0.5, 0.6) is 0 Å². The molecule has 0 amide bonds. The standard InChI is InChI=1S/C57H96O6/c1-4-7-10-13-16-19-22-25-27-28-29-31-32-35-38-41-44-47-50-56(59)62-53-54(52-61-55(58)49-46-43-40-37-34-24-21-18-15-12-9-6-3)63-57(60)51-48-45-42-39-36-33-30-26-23-20-17-14-11-8-5-2/h8,11,14,17,20,22-23,25-31,54H,4-7,9-10,12-13,15-16,18-19,21,24,32-53H2,1-3H3/b11-8-,17-14-,23-20-,25-22-,28-27-,30-26-,31-29-. The number of ether oxygens (including phenoxy) is 3. The van der Waals surface area contributed by atoms with Gasteiger partial charge in [-0.2, -0.15) is 0 Å². The molecule has 0 aliphatic heterocycles.